The van der Waals surface area contributed by atoms with E-state index in [0.29, 0.717) is 24.5 Å². The van der Waals surface area contributed by atoms with Crippen molar-refractivity contribution in [1.29, 1.82) is 0 Å². The van der Waals surface area contributed by atoms with Gasteiger partial charge in [0.2, 0.25) is 0 Å². The second-order valence-electron chi connectivity index (χ2n) is 2.56. The van der Waals surface area contributed by atoms with Gasteiger partial charge in [0.25, 0.3) is 0 Å². The predicted molar refractivity (Wildman–Crippen MR) is 50.5 cm³/mol. The summed E-state index contributed by atoms with van der Waals surface area (Å²) in [5.74, 6) is 0.329. The monoisotopic (exact) mass is 184 g/mol. The van der Waals surface area contributed by atoms with Crippen LogP contribution >= 0.6 is 0 Å². The maximum atomic E-state index is 12.8. The van der Waals surface area contributed by atoms with E-state index in [4.69, 9.17) is 10.5 Å². The van der Waals surface area contributed by atoms with Crippen molar-refractivity contribution in [2.24, 2.45) is 5.73 Å². The van der Waals surface area contributed by atoms with Crippen molar-refractivity contribution in [2.45, 2.75) is 0 Å². The van der Waals surface area contributed by atoms with Crippen LogP contribution in [0.3, 0.4) is 0 Å². The number of ether oxygens (including phenoxy) is 1. The number of methoxy groups -OCH3 is 1. The van der Waals surface area contributed by atoms with Crippen molar-refractivity contribution >= 4 is 5.69 Å². The number of anilines is 1. The average Bonchev–Trinajstić information content (AvgIpc) is 2.15. The first kappa shape index (κ1) is 9.80. The lowest BCUT2D eigenvalue weighted by Gasteiger charge is -2.09. The molecule has 0 atom stereocenters. The van der Waals surface area contributed by atoms with Gasteiger partial charge in [-0.05, 0) is 12.1 Å². The molecule has 0 aromatic heterocycles. The van der Waals surface area contributed by atoms with E-state index in [0.717, 1.165) is 0 Å². The lowest BCUT2D eigenvalue weighted by Crippen LogP contribution is -2.13. The molecule has 0 saturated heterocycles. The van der Waals surface area contributed by atoms with Crippen LogP contribution in [0.15, 0.2) is 18.2 Å². The number of rotatable bonds is 4. The highest BCUT2D eigenvalue weighted by molar-refractivity contribution is 5.56. The van der Waals surface area contributed by atoms with E-state index in [9.17, 15) is 4.39 Å². The molecule has 0 unspecified atom stereocenters. The first-order valence-electron chi connectivity index (χ1n) is 4.05. The van der Waals surface area contributed by atoms with E-state index in [1.54, 1.807) is 13.2 Å². The van der Waals surface area contributed by atoms with Gasteiger partial charge in [-0.1, -0.05) is 0 Å². The Balaban J connectivity index is 2.81. The Hall–Kier alpha value is -1.29. The maximum Gasteiger partial charge on any atom is 0.142 e. The molecule has 0 saturated carbocycles. The van der Waals surface area contributed by atoms with Crippen LogP contribution in [-0.2, 0) is 0 Å². The van der Waals surface area contributed by atoms with Gasteiger partial charge in [-0.25, -0.2) is 4.39 Å². The summed E-state index contributed by atoms with van der Waals surface area (Å²) in [7, 11) is 1.54. The normalized spacial score (nSPS) is 9.77. The maximum absolute atomic E-state index is 12.8. The van der Waals surface area contributed by atoms with Crippen LogP contribution in [0.4, 0.5) is 10.1 Å². The molecule has 0 spiro atoms. The zero-order valence-corrected chi connectivity index (χ0v) is 7.51. The third kappa shape index (κ3) is 2.59. The topological polar surface area (TPSA) is 47.3 Å². The Morgan fingerprint density at radius 2 is 2.31 bits per heavy atom. The van der Waals surface area contributed by atoms with Gasteiger partial charge in [0.1, 0.15) is 11.6 Å². The van der Waals surface area contributed by atoms with Crippen molar-refractivity contribution in [3.05, 3.63) is 24.0 Å². The molecular weight excluding hydrogens is 171 g/mol. The first-order valence-corrected chi connectivity index (χ1v) is 4.05. The summed E-state index contributed by atoms with van der Waals surface area (Å²) < 4.78 is 17.8. The highest BCUT2D eigenvalue weighted by atomic mass is 19.1. The standard InChI is InChI=1S/C9H13FN2O/c1-13-9-3-2-7(10)6-8(9)12-5-4-11/h2-3,6,12H,4-5,11H2,1H3. The van der Waals surface area contributed by atoms with Gasteiger partial charge in [0.15, 0.2) is 0 Å². The van der Waals surface area contributed by atoms with E-state index in [2.05, 4.69) is 5.32 Å². The fraction of sp³-hybridized carbons (Fsp3) is 0.333. The van der Waals surface area contributed by atoms with E-state index in [1.807, 2.05) is 0 Å². The minimum absolute atomic E-state index is 0.291. The SMILES string of the molecule is COc1ccc(F)cc1NCCN. The van der Waals surface area contributed by atoms with Crippen molar-refractivity contribution in [3.63, 3.8) is 0 Å². The molecule has 13 heavy (non-hydrogen) atoms. The van der Waals surface area contributed by atoms with E-state index >= 15 is 0 Å². The molecule has 1 rings (SSSR count). The molecule has 0 aliphatic carbocycles. The molecule has 3 N–H and O–H groups in total. The van der Waals surface area contributed by atoms with Crippen LogP contribution in [0.2, 0.25) is 0 Å². The van der Waals surface area contributed by atoms with Crippen molar-refractivity contribution in [2.75, 3.05) is 25.5 Å². The summed E-state index contributed by atoms with van der Waals surface area (Å²) in [4.78, 5) is 0. The Morgan fingerprint density at radius 3 is 2.92 bits per heavy atom. The number of hydrogen-bond acceptors (Lipinski definition) is 3. The van der Waals surface area contributed by atoms with Gasteiger partial charge in [0.05, 0.1) is 12.8 Å². The number of halogens is 1. The molecule has 3 nitrogen and oxygen atoms in total. The highest BCUT2D eigenvalue weighted by Crippen LogP contribution is 2.24. The van der Waals surface area contributed by atoms with Crippen LogP contribution in [0.5, 0.6) is 5.75 Å². The minimum Gasteiger partial charge on any atom is -0.495 e. The zero-order valence-electron chi connectivity index (χ0n) is 7.51. The number of nitrogens with one attached hydrogen (secondary N) is 1. The largest absolute Gasteiger partial charge is 0.495 e. The predicted octanol–water partition coefficient (Wildman–Crippen LogP) is 1.20. The quantitative estimate of drug-likeness (QED) is 0.739. The molecule has 0 aliphatic heterocycles. The fourth-order valence-corrected chi connectivity index (χ4v) is 1.03. The summed E-state index contributed by atoms with van der Waals surface area (Å²) in [6.45, 7) is 1.10. The summed E-state index contributed by atoms with van der Waals surface area (Å²) in [6, 6.07) is 4.31. The molecule has 1 aromatic rings. The third-order valence-electron chi connectivity index (χ3n) is 1.62. The van der Waals surface area contributed by atoms with Crippen molar-refractivity contribution < 1.29 is 9.13 Å². The summed E-state index contributed by atoms with van der Waals surface area (Å²) in [5.41, 5.74) is 5.94. The van der Waals surface area contributed by atoms with Crippen LogP contribution in [0.25, 0.3) is 0 Å². The van der Waals surface area contributed by atoms with Crippen LogP contribution in [-0.4, -0.2) is 20.2 Å². The molecule has 0 amide bonds. The summed E-state index contributed by atoms with van der Waals surface area (Å²) >= 11 is 0. The Bertz CT molecular complexity index is 278. The number of nitrogens with two attached hydrogens (primary N) is 1. The number of benzene rings is 1. The van der Waals surface area contributed by atoms with Gasteiger partial charge >= 0.3 is 0 Å². The lowest BCUT2D eigenvalue weighted by atomic mass is 10.3. The smallest absolute Gasteiger partial charge is 0.142 e. The van der Waals surface area contributed by atoms with Crippen LogP contribution in [0.1, 0.15) is 0 Å². The summed E-state index contributed by atoms with van der Waals surface area (Å²) in [5, 5.41) is 2.96. The minimum atomic E-state index is -0.291. The highest BCUT2D eigenvalue weighted by Gasteiger charge is 2.02. The molecule has 72 valence electrons. The van der Waals surface area contributed by atoms with Gasteiger partial charge in [0, 0.05) is 19.2 Å². The lowest BCUT2D eigenvalue weighted by molar-refractivity contribution is 0.415. The molecule has 0 heterocycles. The molecule has 0 bridgehead atoms. The molecular formula is C9H13FN2O. The molecule has 1 aromatic carbocycles. The molecule has 4 heteroatoms. The van der Waals surface area contributed by atoms with E-state index < -0.39 is 0 Å². The Labute approximate surface area is 76.7 Å². The van der Waals surface area contributed by atoms with Crippen LogP contribution < -0.4 is 15.8 Å². The Kier molecular flexibility index (Phi) is 3.52. The Morgan fingerprint density at radius 1 is 1.54 bits per heavy atom. The molecule has 0 fully saturated rings. The second kappa shape index (κ2) is 4.67. The molecule has 0 aliphatic rings. The third-order valence-corrected chi connectivity index (χ3v) is 1.62. The van der Waals surface area contributed by atoms with E-state index in [-0.39, 0.29) is 5.82 Å². The average molecular weight is 184 g/mol. The summed E-state index contributed by atoms with van der Waals surface area (Å²) in [6.07, 6.45) is 0. The van der Waals surface area contributed by atoms with E-state index in [1.165, 1.54) is 12.1 Å². The first-order chi connectivity index (χ1) is 6.27. The van der Waals surface area contributed by atoms with Crippen LogP contribution in [0, 0.1) is 5.82 Å². The van der Waals surface area contributed by atoms with Gasteiger partial charge in [-0.3, -0.25) is 0 Å². The van der Waals surface area contributed by atoms with Crippen molar-refractivity contribution in [3.8, 4) is 5.75 Å². The second-order valence-corrected chi connectivity index (χ2v) is 2.56. The number of hydrogen-bond donors (Lipinski definition) is 2. The van der Waals surface area contributed by atoms with Gasteiger partial charge in [-0.15, -0.1) is 0 Å². The van der Waals surface area contributed by atoms with Crippen molar-refractivity contribution in [1.82, 2.24) is 0 Å². The van der Waals surface area contributed by atoms with Gasteiger partial charge < -0.3 is 15.8 Å². The zero-order chi connectivity index (χ0) is 9.68. The molecule has 0 radical (unpaired) electrons. The fourth-order valence-electron chi connectivity index (χ4n) is 1.03. The van der Waals surface area contributed by atoms with Gasteiger partial charge in [-0.2, -0.15) is 0 Å².